The fourth-order valence-corrected chi connectivity index (χ4v) is 3.41. The molecule has 0 aliphatic carbocycles. The van der Waals surface area contributed by atoms with Crippen LogP contribution in [0.5, 0.6) is 0 Å². The molecule has 130 valence electrons. The highest BCUT2D eigenvalue weighted by atomic mass is 32.2. The van der Waals surface area contributed by atoms with Gasteiger partial charge in [0.25, 0.3) is 0 Å². The first kappa shape index (κ1) is 17.3. The molecular weight excluding hydrogens is 334 g/mol. The maximum Gasteiger partial charge on any atom is 0.227 e. The Bertz CT molecular complexity index is 912. The highest BCUT2D eigenvalue weighted by Crippen LogP contribution is 2.26. The lowest BCUT2D eigenvalue weighted by atomic mass is 10.1. The molecule has 2 heterocycles. The second kappa shape index (κ2) is 7.14. The van der Waals surface area contributed by atoms with Crippen molar-refractivity contribution in [3.05, 3.63) is 59.2 Å². The van der Waals surface area contributed by atoms with Crippen molar-refractivity contribution in [2.75, 3.05) is 5.75 Å². The summed E-state index contributed by atoms with van der Waals surface area (Å²) in [4.78, 5) is 11.2. The lowest BCUT2D eigenvalue weighted by Crippen LogP contribution is -2.14. The Balaban J connectivity index is 2.08. The van der Waals surface area contributed by atoms with Gasteiger partial charge in [-0.1, -0.05) is 23.9 Å². The number of amides is 1. The van der Waals surface area contributed by atoms with Gasteiger partial charge < -0.3 is 10.3 Å². The molecule has 0 aliphatic rings. The van der Waals surface area contributed by atoms with E-state index in [9.17, 15) is 4.79 Å². The summed E-state index contributed by atoms with van der Waals surface area (Å²) in [6.07, 6.45) is 2.66. The second-order valence-corrected chi connectivity index (χ2v) is 6.94. The van der Waals surface area contributed by atoms with Gasteiger partial charge in [0.1, 0.15) is 5.82 Å². The van der Waals surface area contributed by atoms with Crippen molar-refractivity contribution in [1.29, 1.82) is 0 Å². The van der Waals surface area contributed by atoms with Crippen LogP contribution in [0.25, 0.3) is 5.69 Å². The molecule has 0 saturated carbocycles. The number of aromatic nitrogens is 4. The maximum atomic E-state index is 11.2. The third kappa shape index (κ3) is 3.61. The number of rotatable bonds is 6. The topological polar surface area (TPSA) is 78.7 Å². The average Bonchev–Trinajstić information content (AvgIpc) is 3.15. The molecule has 0 spiro atoms. The number of hydrogen-bond donors (Lipinski definition) is 1. The normalized spacial score (nSPS) is 11.0. The summed E-state index contributed by atoms with van der Waals surface area (Å²) in [6, 6.07) is 10.2. The largest absolute Gasteiger partial charge is 0.369 e. The summed E-state index contributed by atoms with van der Waals surface area (Å²) in [7, 11) is 2.01. The van der Waals surface area contributed by atoms with Crippen LogP contribution in [0.1, 0.15) is 22.6 Å². The van der Waals surface area contributed by atoms with Crippen molar-refractivity contribution >= 4 is 17.7 Å². The molecule has 3 rings (SSSR count). The van der Waals surface area contributed by atoms with Crippen molar-refractivity contribution in [1.82, 2.24) is 19.3 Å². The Morgan fingerprint density at radius 1 is 1.20 bits per heavy atom. The van der Waals surface area contributed by atoms with Gasteiger partial charge >= 0.3 is 0 Å². The number of nitrogens with zero attached hydrogens (tertiary/aromatic N) is 4. The maximum absolute atomic E-state index is 11.2. The average molecular weight is 355 g/mol. The number of nitrogens with two attached hydrogens (primary N) is 1. The zero-order valence-corrected chi connectivity index (χ0v) is 15.4. The molecule has 6 nitrogen and oxygen atoms in total. The van der Waals surface area contributed by atoms with Gasteiger partial charge in [0.15, 0.2) is 5.16 Å². The van der Waals surface area contributed by atoms with Crippen molar-refractivity contribution in [3.8, 4) is 5.69 Å². The van der Waals surface area contributed by atoms with E-state index in [1.165, 1.54) is 17.3 Å². The van der Waals surface area contributed by atoms with Gasteiger partial charge in [-0.2, -0.15) is 0 Å². The highest BCUT2D eigenvalue weighted by Gasteiger charge is 2.18. The third-order valence-electron chi connectivity index (χ3n) is 4.25. The first-order valence-electron chi connectivity index (χ1n) is 7.99. The molecular formula is C18H21N5OS. The molecule has 7 heteroatoms. The number of carbonyl (C=O) groups is 1. The van der Waals surface area contributed by atoms with Gasteiger partial charge in [-0.15, -0.1) is 10.2 Å². The molecule has 0 radical (unpaired) electrons. The quantitative estimate of drug-likeness (QED) is 0.689. The van der Waals surface area contributed by atoms with Crippen LogP contribution in [-0.2, 0) is 18.3 Å². The van der Waals surface area contributed by atoms with Crippen LogP contribution in [0.3, 0.4) is 0 Å². The number of thioether (sulfide) groups is 1. The monoisotopic (exact) mass is 355 g/mol. The number of carbonyl (C=O) groups excluding carboxylic acids is 1. The van der Waals surface area contributed by atoms with E-state index in [0.29, 0.717) is 11.6 Å². The van der Waals surface area contributed by atoms with Crippen molar-refractivity contribution in [3.63, 3.8) is 0 Å². The van der Waals surface area contributed by atoms with E-state index >= 15 is 0 Å². The Kier molecular flexibility index (Phi) is 4.94. The van der Waals surface area contributed by atoms with Gasteiger partial charge in [0, 0.05) is 25.4 Å². The summed E-state index contributed by atoms with van der Waals surface area (Å²) in [6.45, 7) is 4.16. The van der Waals surface area contributed by atoms with E-state index in [1.807, 2.05) is 29.9 Å². The lowest BCUT2D eigenvalue weighted by Gasteiger charge is -2.14. The Morgan fingerprint density at radius 3 is 2.68 bits per heavy atom. The van der Waals surface area contributed by atoms with Crippen LogP contribution in [0.4, 0.5) is 0 Å². The van der Waals surface area contributed by atoms with Gasteiger partial charge in [-0.3, -0.25) is 9.36 Å². The fourth-order valence-electron chi connectivity index (χ4n) is 2.71. The molecule has 2 aromatic heterocycles. The first-order chi connectivity index (χ1) is 12.0. The van der Waals surface area contributed by atoms with Crippen molar-refractivity contribution < 1.29 is 4.79 Å². The second-order valence-electron chi connectivity index (χ2n) is 6.00. The third-order valence-corrected chi connectivity index (χ3v) is 5.20. The summed E-state index contributed by atoms with van der Waals surface area (Å²) < 4.78 is 4.10. The van der Waals surface area contributed by atoms with Crippen LogP contribution in [0.2, 0.25) is 0 Å². The molecule has 3 aromatic rings. The van der Waals surface area contributed by atoms with Crippen LogP contribution >= 0.6 is 11.8 Å². The Labute approximate surface area is 151 Å². The summed E-state index contributed by atoms with van der Waals surface area (Å²) >= 11 is 1.31. The molecule has 0 atom stereocenters. The Morgan fingerprint density at radius 2 is 2.00 bits per heavy atom. The lowest BCUT2D eigenvalue weighted by molar-refractivity contribution is -0.115. The van der Waals surface area contributed by atoms with E-state index in [4.69, 9.17) is 5.73 Å². The first-order valence-corrected chi connectivity index (χ1v) is 8.98. The summed E-state index contributed by atoms with van der Waals surface area (Å²) in [5.74, 6) is 0.639. The minimum atomic E-state index is -0.371. The molecule has 1 aromatic carbocycles. The molecule has 0 bridgehead atoms. The molecule has 0 unspecified atom stereocenters. The van der Waals surface area contributed by atoms with Gasteiger partial charge in [-0.05, 0) is 43.2 Å². The SMILES string of the molecule is Cc1cccc(-n2c(Cc3cccn3C)nnc2SCC(N)=O)c1C. The molecule has 0 fully saturated rings. The number of aryl methyl sites for hydroxylation is 2. The van der Waals surface area contributed by atoms with E-state index < -0.39 is 0 Å². The van der Waals surface area contributed by atoms with Gasteiger partial charge in [0.2, 0.25) is 5.91 Å². The minimum Gasteiger partial charge on any atom is -0.369 e. The fraction of sp³-hybridized carbons (Fsp3) is 0.278. The number of primary amides is 1. The van der Waals surface area contributed by atoms with Crippen molar-refractivity contribution in [2.24, 2.45) is 12.8 Å². The summed E-state index contributed by atoms with van der Waals surface area (Å²) in [5.41, 5.74) is 9.83. The molecule has 25 heavy (non-hydrogen) atoms. The summed E-state index contributed by atoms with van der Waals surface area (Å²) in [5, 5.41) is 9.37. The predicted molar refractivity (Wildman–Crippen MR) is 99.0 cm³/mol. The smallest absolute Gasteiger partial charge is 0.227 e. The molecule has 0 saturated heterocycles. The predicted octanol–water partition coefficient (Wildman–Crippen LogP) is 2.39. The van der Waals surface area contributed by atoms with E-state index in [2.05, 4.69) is 46.8 Å². The van der Waals surface area contributed by atoms with Crippen LogP contribution in [0.15, 0.2) is 41.7 Å². The van der Waals surface area contributed by atoms with Gasteiger partial charge in [-0.25, -0.2) is 0 Å². The molecule has 1 amide bonds. The molecule has 2 N–H and O–H groups in total. The van der Waals surface area contributed by atoms with Crippen LogP contribution < -0.4 is 5.73 Å². The van der Waals surface area contributed by atoms with Crippen LogP contribution in [-0.4, -0.2) is 31.0 Å². The number of hydrogen-bond acceptors (Lipinski definition) is 4. The standard InChI is InChI=1S/C18H21N5OS/c1-12-6-4-8-15(13(12)2)23-17(10-14-7-5-9-22(14)3)20-21-18(23)25-11-16(19)24/h4-9H,10-11H2,1-3H3,(H2,19,24). The zero-order chi connectivity index (χ0) is 18.0. The minimum absolute atomic E-state index is 0.174. The van der Waals surface area contributed by atoms with E-state index in [-0.39, 0.29) is 11.7 Å². The Hall–Kier alpha value is -2.54. The molecule has 0 aliphatic heterocycles. The zero-order valence-electron chi connectivity index (χ0n) is 14.6. The van der Waals surface area contributed by atoms with Crippen molar-refractivity contribution in [2.45, 2.75) is 25.4 Å². The van der Waals surface area contributed by atoms with E-state index in [1.54, 1.807) is 0 Å². The highest BCUT2D eigenvalue weighted by molar-refractivity contribution is 7.99. The van der Waals surface area contributed by atoms with Gasteiger partial charge in [0.05, 0.1) is 11.4 Å². The number of benzene rings is 1. The van der Waals surface area contributed by atoms with E-state index in [0.717, 1.165) is 22.8 Å². The van der Waals surface area contributed by atoms with Crippen LogP contribution in [0, 0.1) is 13.8 Å².